The van der Waals surface area contributed by atoms with Crippen molar-refractivity contribution >= 4 is 10.0 Å². The summed E-state index contributed by atoms with van der Waals surface area (Å²) in [7, 11) is -3.34. The van der Waals surface area contributed by atoms with Gasteiger partial charge in [-0.05, 0) is 48.2 Å². The van der Waals surface area contributed by atoms with Crippen LogP contribution in [0.3, 0.4) is 0 Å². The van der Waals surface area contributed by atoms with Crippen LogP contribution in [0, 0.1) is 0 Å². The van der Waals surface area contributed by atoms with Crippen molar-refractivity contribution in [3.63, 3.8) is 0 Å². The Bertz CT molecular complexity index is 992. The molecule has 0 saturated carbocycles. The van der Waals surface area contributed by atoms with Crippen LogP contribution in [0.15, 0.2) is 72.1 Å². The average molecular weight is 397 g/mol. The number of nitrogens with zero attached hydrogens (tertiary/aromatic N) is 3. The quantitative estimate of drug-likeness (QED) is 0.667. The van der Waals surface area contributed by atoms with Crippen molar-refractivity contribution in [2.24, 2.45) is 0 Å². The molecule has 0 spiro atoms. The monoisotopic (exact) mass is 396 g/mol. The molecule has 0 radical (unpaired) electrons. The molecule has 146 valence electrons. The molecule has 0 amide bonds. The normalized spacial score (nSPS) is 15.1. The van der Waals surface area contributed by atoms with Gasteiger partial charge < -0.3 is 9.88 Å². The molecule has 2 heterocycles. The van der Waals surface area contributed by atoms with E-state index in [1.54, 1.807) is 29.0 Å². The molecule has 4 rings (SSSR count). The third-order valence-electron chi connectivity index (χ3n) is 5.02. The number of hydrogen-bond acceptors (Lipinski definition) is 4. The van der Waals surface area contributed by atoms with Crippen molar-refractivity contribution in [2.75, 3.05) is 13.1 Å². The van der Waals surface area contributed by atoms with Crippen LogP contribution in [-0.4, -0.2) is 35.4 Å². The van der Waals surface area contributed by atoms with Crippen LogP contribution in [0.2, 0.25) is 0 Å². The highest BCUT2D eigenvalue weighted by atomic mass is 32.2. The number of nitrogens with one attached hydrogen (secondary N) is 1. The maximum absolute atomic E-state index is 12.6. The van der Waals surface area contributed by atoms with E-state index in [9.17, 15) is 8.42 Å². The van der Waals surface area contributed by atoms with Crippen LogP contribution >= 0.6 is 0 Å². The minimum absolute atomic E-state index is 0.383. The van der Waals surface area contributed by atoms with Crippen LogP contribution in [0.1, 0.15) is 24.0 Å². The molecule has 7 heteroatoms. The van der Waals surface area contributed by atoms with Gasteiger partial charge in [-0.3, -0.25) is 0 Å². The SMILES string of the molecule is O=S(=O)(c1ccc(CNCc2ccc(-n3ccnc3)cc2)cc1)N1CCCC1. The van der Waals surface area contributed by atoms with Gasteiger partial charge in [-0.25, -0.2) is 13.4 Å². The van der Waals surface area contributed by atoms with E-state index in [1.807, 2.05) is 22.9 Å². The molecule has 0 aliphatic carbocycles. The third-order valence-corrected chi connectivity index (χ3v) is 6.94. The van der Waals surface area contributed by atoms with Gasteiger partial charge in [0.05, 0.1) is 11.2 Å². The first-order valence-electron chi connectivity index (χ1n) is 9.50. The fourth-order valence-electron chi connectivity index (χ4n) is 3.41. The lowest BCUT2D eigenvalue weighted by Crippen LogP contribution is -2.27. The Labute approximate surface area is 165 Å². The van der Waals surface area contributed by atoms with Gasteiger partial charge in [-0.2, -0.15) is 4.31 Å². The Morgan fingerprint density at radius 1 is 0.893 bits per heavy atom. The molecule has 1 N–H and O–H groups in total. The topological polar surface area (TPSA) is 67.2 Å². The largest absolute Gasteiger partial charge is 0.309 e. The molecule has 2 aromatic carbocycles. The molecule has 1 aliphatic rings. The Kier molecular flexibility index (Phi) is 5.57. The molecule has 28 heavy (non-hydrogen) atoms. The molecule has 1 saturated heterocycles. The molecule has 0 atom stereocenters. The van der Waals surface area contributed by atoms with Gasteiger partial charge in [0.15, 0.2) is 0 Å². The van der Waals surface area contributed by atoms with Crippen molar-refractivity contribution in [3.05, 3.63) is 78.4 Å². The first-order chi connectivity index (χ1) is 13.6. The lowest BCUT2D eigenvalue weighted by Gasteiger charge is -2.15. The summed E-state index contributed by atoms with van der Waals surface area (Å²) in [6.07, 6.45) is 7.36. The average Bonchev–Trinajstić information content (AvgIpc) is 3.43. The second kappa shape index (κ2) is 8.26. The third kappa shape index (κ3) is 4.16. The van der Waals surface area contributed by atoms with E-state index in [1.165, 1.54) is 5.56 Å². The standard InChI is InChI=1S/C21H24N4O2S/c26-28(27,25-12-1-2-13-25)21-9-5-19(6-10-21)16-23-15-18-3-7-20(8-4-18)24-14-11-22-17-24/h3-11,14,17,23H,1-2,12-13,15-16H2. The molecule has 1 aliphatic heterocycles. The molecule has 0 unspecified atom stereocenters. The van der Waals surface area contributed by atoms with Crippen molar-refractivity contribution in [1.29, 1.82) is 0 Å². The number of aromatic nitrogens is 2. The number of imidazole rings is 1. The Morgan fingerprint density at radius 2 is 1.50 bits per heavy atom. The van der Waals surface area contributed by atoms with E-state index in [-0.39, 0.29) is 0 Å². The summed E-state index contributed by atoms with van der Waals surface area (Å²) in [4.78, 5) is 4.44. The molecule has 1 aromatic heterocycles. The first kappa shape index (κ1) is 18.9. The lowest BCUT2D eigenvalue weighted by molar-refractivity contribution is 0.477. The predicted molar refractivity (Wildman–Crippen MR) is 109 cm³/mol. The Morgan fingerprint density at radius 3 is 2.07 bits per heavy atom. The minimum Gasteiger partial charge on any atom is -0.309 e. The van der Waals surface area contributed by atoms with E-state index in [0.29, 0.717) is 24.5 Å². The van der Waals surface area contributed by atoms with Gasteiger partial charge in [0.25, 0.3) is 0 Å². The first-order valence-corrected chi connectivity index (χ1v) is 10.9. The van der Waals surface area contributed by atoms with Crippen molar-refractivity contribution in [1.82, 2.24) is 19.2 Å². The summed E-state index contributed by atoms with van der Waals surface area (Å²) in [5.41, 5.74) is 3.34. The highest BCUT2D eigenvalue weighted by Gasteiger charge is 2.26. The highest BCUT2D eigenvalue weighted by molar-refractivity contribution is 7.89. The van der Waals surface area contributed by atoms with Crippen molar-refractivity contribution in [3.8, 4) is 5.69 Å². The fraction of sp³-hybridized carbons (Fsp3) is 0.286. The summed E-state index contributed by atoms with van der Waals surface area (Å²) >= 11 is 0. The molecular weight excluding hydrogens is 372 g/mol. The highest BCUT2D eigenvalue weighted by Crippen LogP contribution is 2.21. The van der Waals surface area contributed by atoms with Crippen LogP contribution < -0.4 is 5.32 Å². The lowest BCUT2D eigenvalue weighted by atomic mass is 10.2. The van der Waals surface area contributed by atoms with Gasteiger partial charge in [0.2, 0.25) is 10.0 Å². The number of benzene rings is 2. The number of hydrogen-bond donors (Lipinski definition) is 1. The second-order valence-electron chi connectivity index (χ2n) is 7.00. The van der Waals surface area contributed by atoms with E-state index >= 15 is 0 Å². The molecule has 1 fully saturated rings. The molecular formula is C21H24N4O2S. The van der Waals surface area contributed by atoms with Crippen molar-refractivity contribution < 1.29 is 8.42 Å². The van der Waals surface area contributed by atoms with E-state index < -0.39 is 10.0 Å². The summed E-state index contributed by atoms with van der Waals surface area (Å²) in [6.45, 7) is 2.70. The fourth-order valence-corrected chi connectivity index (χ4v) is 4.92. The van der Waals surface area contributed by atoms with Crippen molar-refractivity contribution in [2.45, 2.75) is 30.8 Å². The van der Waals surface area contributed by atoms with Gasteiger partial charge in [0.1, 0.15) is 0 Å². The van der Waals surface area contributed by atoms with Gasteiger partial charge >= 0.3 is 0 Å². The van der Waals surface area contributed by atoms with Crippen LogP contribution in [0.25, 0.3) is 5.69 Å². The second-order valence-corrected chi connectivity index (χ2v) is 8.93. The molecule has 0 bridgehead atoms. The molecule has 3 aromatic rings. The number of sulfonamides is 1. The summed E-state index contributed by atoms with van der Waals surface area (Å²) in [5, 5.41) is 3.41. The zero-order chi connectivity index (χ0) is 19.4. The smallest absolute Gasteiger partial charge is 0.243 e. The maximum atomic E-state index is 12.6. The summed E-state index contributed by atoms with van der Waals surface area (Å²) in [6, 6.07) is 15.5. The molecule has 6 nitrogen and oxygen atoms in total. The van der Waals surface area contributed by atoms with Crippen LogP contribution in [0.4, 0.5) is 0 Å². The van der Waals surface area contributed by atoms with Gasteiger partial charge in [0, 0.05) is 44.3 Å². The van der Waals surface area contributed by atoms with Crippen LogP contribution in [-0.2, 0) is 23.1 Å². The van der Waals surface area contributed by atoms with E-state index in [4.69, 9.17) is 0 Å². The van der Waals surface area contributed by atoms with Gasteiger partial charge in [-0.1, -0.05) is 24.3 Å². The number of rotatable bonds is 7. The zero-order valence-electron chi connectivity index (χ0n) is 15.7. The maximum Gasteiger partial charge on any atom is 0.243 e. The summed E-state index contributed by atoms with van der Waals surface area (Å²) < 4.78 is 28.7. The Hall–Kier alpha value is -2.48. The predicted octanol–water partition coefficient (Wildman–Crippen LogP) is 2.95. The van der Waals surface area contributed by atoms with Gasteiger partial charge in [-0.15, -0.1) is 0 Å². The zero-order valence-corrected chi connectivity index (χ0v) is 16.5. The summed E-state index contributed by atoms with van der Waals surface area (Å²) in [5.74, 6) is 0. The van der Waals surface area contributed by atoms with E-state index in [2.05, 4.69) is 34.6 Å². The minimum atomic E-state index is -3.34. The van der Waals surface area contributed by atoms with E-state index in [0.717, 1.165) is 30.6 Å². The Balaban J connectivity index is 1.31. The van der Waals surface area contributed by atoms with Crippen LogP contribution in [0.5, 0.6) is 0 Å².